The highest BCUT2D eigenvalue weighted by molar-refractivity contribution is 7.80. The smallest absolute Gasteiger partial charge is 0.226 e. The molecule has 0 bridgehead atoms. The van der Waals surface area contributed by atoms with Crippen LogP contribution in [0.3, 0.4) is 0 Å². The van der Waals surface area contributed by atoms with E-state index in [1.165, 1.54) is 12.8 Å². The predicted octanol–water partition coefficient (Wildman–Crippen LogP) is 4.11. The van der Waals surface area contributed by atoms with Gasteiger partial charge in [-0.2, -0.15) is 0 Å². The zero-order valence-electron chi connectivity index (χ0n) is 13.9. The van der Waals surface area contributed by atoms with Crippen LogP contribution < -0.4 is 15.4 Å². The maximum Gasteiger partial charge on any atom is 0.226 e. The van der Waals surface area contributed by atoms with E-state index >= 15 is 0 Å². The van der Waals surface area contributed by atoms with Crippen molar-refractivity contribution in [2.24, 2.45) is 11.8 Å². The van der Waals surface area contributed by atoms with Crippen LogP contribution >= 0.6 is 12.2 Å². The molecule has 2 N–H and O–H groups in total. The number of para-hydroxylation sites is 2. The minimum atomic E-state index is -0.00465. The number of rotatable bonds is 6. The molecule has 1 fully saturated rings. The third-order valence-electron chi connectivity index (χ3n) is 3.91. The quantitative estimate of drug-likeness (QED) is 0.769. The Balaban J connectivity index is 1.85. The van der Waals surface area contributed by atoms with Crippen LogP contribution in [-0.4, -0.2) is 17.6 Å². The van der Waals surface area contributed by atoms with E-state index in [-0.39, 0.29) is 5.91 Å². The van der Waals surface area contributed by atoms with Crippen molar-refractivity contribution in [1.29, 1.82) is 0 Å². The van der Waals surface area contributed by atoms with Crippen LogP contribution in [0.1, 0.15) is 46.0 Å². The lowest BCUT2D eigenvalue weighted by atomic mass is 10.0. The van der Waals surface area contributed by atoms with E-state index in [9.17, 15) is 4.79 Å². The van der Waals surface area contributed by atoms with Crippen LogP contribution in [0.15, 0.2) is 24.3 Å². The lowest BCUT2D eigenvalue weighted by molar-refractivity contribution is -0.120. The molecular weight excluding hydrogens is 308 g/mol. The molecular formula is C18H26N2O2S. The first kappa shape index (κ1) is 17.7. The minimum Gasteiger partial charge on any atom is -0.491 e. The summed E-state index contributed by atoms with van der Waals surface area (Å²) in [5, 5.41) is 6.17. The van der Waals surface area contributed by atoms with Gasteiger partial charge in [0.2, 0.25) is 5.91 Å². The molecule has 0 atom stereocenters. The summed E-state index contributed by atoms with van der Waals surface area (Å²) in [6.07, 6.45) is 5.34. The summed E-state index contributed by atoms with van der Waals surface area (Å²) in [5.41, 5.74) is 0.777. The number of amides is 1. The van der Waals surface area contributed by atoms with Crippen molar-refractivity contribution >= 4 is 28.9 Å². The maximum atomic E-state index is 12.0. The van der Waals surface area contributed by atoms with Gasteiger partial charge in [0, 0.05) is 6.42 Å². The van der Waals surface area contributed by atoms with E-state index in [0.717, 1.165) is 24.3 Å². The molecule has 1 aromatic rings. The first-order valence-corrected chi connectivity index (χ1v) is 8.78. The van der Waals surface area contributed by atoms with Gasteiger partial charge in [-0.1, -0.05) is 38.8 Å². The Hall–Kier alpha value is -1.62. The van der Waals surface area contributed by atoms with Gasteiger partial charge in [-0.25, -0.2) is 0 Å². The summed E-state index contributed by atoms with van der Waals surface area (Å²) in [6, 6.07) is 7.62. The second-order valence-corrected chi connectivity index (χ2v) is 6.97. The molecule has 5 heteroatoms. The average molecular weight is 334 g/mol. The van der Waals surface area contributed by atoms with Gasteiger partial charge in [-0.15, -0.1) is 0 Å². The molecule has 0 unspecified atom stereocenters. The van der Waals surface area contributed by atoms with Crippen LogP contribution in [0, 0.1) is 11.8 Å². The molecule has 1 aromatic carbocycles. The maximum absolute atomic E-state index is 12.0. The molecule has 0 aliphatic heterocycles. The zero-order chi connectivity index (χ0) is 16.7. The van der Waals surface area contributed by atoms with Gasteiger partial charge in [-0.3, -0.25) is 4.79 Å². The van der Waals surface area contributed by atoms with E-state index < -0.39 is 0 Å². The van der Waals surface area contributed by atoms with E-state index in [1.807, 2.05) is 24.3 Å². The number of anilines is 1. The zero-order valence-corrected chi connectivity index (χ0v) is 14.7. The van der Waals surface area contributed by atoms with Gasteiger partial charge >= 0.3 is 0 Å². The van der Waals surface area contributed by atoms with Crippen LogP contribution in [0.2, 0.25) is 0 Å². The fourth-order valence-corrected chi connectivity index (χ4v) is 2.98. The molecule has 1 amide bonds. The first-order chi connectivity index (χ1) is 11.0. The van der Waals surface area contributed by atoms with Crippen LogP contribution in [0.5, 0.6) is 5.75 Å². The first-order valence-electron chi connectivity index (χ1n) is 8.37. The Morgan fingerprint density at radius 2 is 2.00 bits per heavy atom. The molecule has 1 saturated carbocycles. The molecule has 2 rings (SSSR count). The van der Waals surface area contributed by atoms with Crippen molar-refractivity contribution in [2.45, 2.75) is 46.0 Å². The van der Waals surface area contributed by atoms with Crippen molar-refractivity contribution in [3.05, 3.63) is 24.3 Å². The Morgan fingerprint density at radius 3 is 2.70 bits per heavy atom. The second-order valence-electron chi connectivity index (χ2n) is 6.56. The molecule has 1 aliphatic carbocycles. The number of hydrogen-bond acceptors (Lipinski definition) is 3. The highest BCUT2D eigenvalue weighted by Crippen LogP contribution is 2.27. The summed E-state index contributed by atoms with van der Waals surface area (Å²) in [6.45, 7) is 4.84. The largest absolute Gasteiger partial charge is 0.491 e. The highest BCUT2D eigenvalue weighted by atomic mass is 32.1. The summed E-state index contributed by atoms with van der Waals surface area (Å²) >= 11 is 5.25. The van der Waals surface area contributed by atoms with Gasteiger partial charge in [0.15, 0.2) is 5.11 Å². The lowest BCUT2D eigenvalue weighted by Crippen LogP contribution is -2.35. The molecule has 0 radical (unpaired) electrons. The monoisotopic (exact) mass is 334 g/mol. The van der Waals surface area contributed by atoms with Crippen molar-refractivity contribution in [3.8, 4) is 5.75 Å². The molecule has 126 valence electrons. The third-order valence-corrected chi connectivity index (χ3v) is 4.11. The van der Waals surface area contributed by atoms with Crippen molar-refractivity contribution in [2.75, 3.05) is 11.9 Å². The molecule has 0 spiro atoms. The number of nitrogens with one attached hydrogen (secondary N) is 2. The van der Waals surface area contributed by atoms with Gasteiger partial charge in [0.05, 0.1) is 12.3 Å². The molecule has 0 heterocycles. The number of thiocarbonyl (C=S) groups is 1. The Bertz CT molecular complexity index is 540. The second kappa shape index (κ2) is 8.87. The number of hydrogen-bond donors (Lipinski definition) is 2. The van der Waals surface area contributed by atoms with E-state index in [0.29, 0.717) is 30.0 Å². The Morgan fingerprint density at radius 1 is 1.30 bits per heavy atom. The van der Waals surface area contributed by atoms with E-state index in [2.05, 4.69) is 24.5 Å². The van der Waals surface area contributed by atoms with E-state index in [1.54, 1.807) is 0 Å². The van der Waals surface area contributed by atoms with Crippen molar-refractivity contribution < 1.29 is 9.53 Å². The van der Waals surface area contributed by atoms with Crippen molar-refractivity contribution in [3.63, 3.8) is 0 Å². The third kappa shape index (κ3) is 6.18. The number of ether oxygens (including phenoxy) is 1. The number of carbonyl (C=O) groups is 1. The van der Waals surface area contributed by atoms with Gasteiger partial charge in [0.1, 0.15) is 5.75 Å². The minimum absolute atomic E-state index is 0.00465. The molecule has 23 heavy (non-hydrogen) atoms. The topological polar surface area (TPSA) is 50.4 Å². The van der Waals surface area contributed by atoms with E-state index in [4.69, 9.17) is 17.0 Å². The number of carbonyl (C=O) groups excluding carboxylic acids is 1. The fraction of sp³-hybridized carbons (Fsp3) is 0.556. The van der Waals surface area contributed by atoms with Crippen molar-refractivity contribution in [1.82, 2.24) is 5.32 Å². The van der Waals surface area contributed by atoms with Gasteiger partial charge < -0.3 is 15.4 Å². The molecule has 4 nitrogen and oxygen atoms in total. The van der Waals surface area contributed by atoms with Crippen LogP contribution in [-0.2, 0) is 4.79 Å². The summed E-state index contributed by atoms with van der Waals surface area (Å²) in [5.74, 6) is 1.70. The standard InChI is InChI=1S/C18H26N2O2S/c1-13(2)12-22-16-10-6-5-9-15(16)19-18(23)20-17(21)11-14-7-3-4-8-14/h5-6,9-10,13-14H,3-4,7-8,11-12H2,1-2H3,(H2,19,20,21,23). The normalized spacial score (nSPS) is 14.7. The lowest BCUT2D eigenvalue weighted by Gasteiger charge is -2.16. The predicted molar refractivity (Wildman–Crippen MR) is 97.7 cm³/mol. The molecule has 1 aliphatic rings. The Kier molecular flexibility index (Phi) is 6.84. The fourth-order valence-electron chi connectivity index (χ4n) is 2.76. The van der Waals surface area contributed by atoms with Gasteiger partial charge in [0.25, 0.3) is 0 Å². The van der Waals surface area contributed by atoms with Crippen LogP contribution in [0.25, 0.3) is 0 Å². The molecule has 0 saturated heterocycles. The molecule has 0 aromatic heterocycles. The summed E-state index contributed by atoms with van der Waals surface area (Å²) in [4.78, 5) is 12.0. The average Bonchev–Trinajstić information content (AvgIpc) is 2.98. The summed E-state index contributed by atoms with van der Waals surface area (Å²) in [7, 11) is 0. The SMILES string of the molecule is CC(C)COc1ccccc1NC(=S)NC(=O)CC1CCCC1. The summed E-state index contributed by atoms with van der Waals surface area (Å²) < 4.78 is 5.78. The van der Waals surface area contributed by atoms with Gasteiger partial charge in [-0.05, 0) is 49.0 Å². The Labute approximate surface area is 144 Å². The highest BCUT2D eigenvalue weighted by Gasteiger charge is 2.19. The number of benzene rings is 1. The van der Waals surface area contributed by atoms with Crippen LogP contribution in [0.4, 0.5) is 5.69 Å².